The van der Waals surface area contributed by atoms with Crippen LogP contribution in [0.25, 0.3) is 0 Å². The fourth-order valence-corrected chi connectivity index (χ4v) is 1.62. The van der Waals surface area contributed by atoms with Gasteiger partial charge >= 0.3 is 6.18 Å². The van der Waals surface area contributed by atoms with Gasteiger partial charge in [-0.3, -0.25) is 0 Å². The quantitative estimate of drug-likeness (QED) is 0.832. The lowest BCUT2D eigenvalue weighted by atomic mass is 10.0. The van der Waals surface area contributed by atoms with Gasteiger partial charge in [-0.2, -0.15) is 13.2 Å². The molecule has 2 rings (SSSR count). The summed E-state index contributed by atoms with van der Waals surface area (Å²) in [6.45, 7) is -0.297. The maximum absolute atomic E-state index is 13.1. The lowest BCUT2D eigenvalue weighted by Gasteiger charge is -2.09. The van der Waals surface area contributed by atoms with Crippen molar-refractivity contribution in [2.45, 2.75) is 18.7 Å². The first-order valence-corrected chi connectivity index (χ1v) is 5.12. The zero-order valence-corrected chi connectivity index (χ0v) is 9.04. The Morgan fingerprint density at radius 1 is 1.33 bits per heavy atom. The first kappa shape index (κ1) is 12.8. The molecule has 0 fully saturated rings. The zero-order chi connectivity index (χ0) is 13.3. The highest BCUT2D eigenvalue weighted by molar-refractivity contribution is 6.01. The highest BCUT2D eigenvalue weighted by Gasteiger charge is 2.32. The van der Waals surface area contributed by atoms with E-state index in [9.17, 15) is 17.6 Å². The van der Waals surface area contributed by atoms with Crippen LogP contribution in [0.5, 0.6) is 0 Å². The molecule has 0 saturated carbocycles. The summed E-state index contributed by atoms with van der Waals surface area (Å²) in [5, 5.41) is 12.4. The summed E-state index contributed by atoms with van der Waals surface area (Å²) in [4.78, 5) is 4.77. The largest absolute Gasteiger partial charge is 0.416 e. The number of nitrogens with zero attached hydrogens (tertiary/aromatic N) is 1. The molecule has 1 heterocycles. The van der Waals surface area contributed by atoms with Crippen LogP contribution < -0.4 is 0 Å². The van der Waals surface area contributed by atoms with E-state index < -0.39 is 23.7 Å². The van der Waals surface area contributed by atoms with E-state index in [-0.39, 0.29) is 24.3 Å². The van der Waals surface area contributed by atoms with Crippen LogP contribution in [0.3, 0.4) is 0 Å². The number of alkyl halides is 3. The second-order valence-corrected chi connectivity index (χ2v) is 3.88. The number of hydrogen-bond acceptors (Lipinski definition) is 3. The predicted octanol–water partition coefficient (Wildman–Crippen LogP) is 2.33. The van der Waals surface area contributed by atoms with Gasteiger partial charge in [0.2, 0.25) is 0 Å². The number of benzene rings is 1. The first-order valence-electron chi connectivity index (χ1n) is 5.12. The van der Waals surface area contributed by atoms with E-state index in [2.05, 4.69) is 5.16 Å². The molecule has 0 aromatic heterocycles. The monoisotopic (exact) mass is 263 g/mol. The third-order valence-electron chi connectivity index (χ3n) is 2.49. The summed E-state index contributed by atoms with van der Waals surface area (Å²) in [5.41, 5.74) is -0.870. The van der Waals surface area contributed by atoms with Gasteiger partial charge in [0, 0.05) is 12.0 Å². The minimum absolute atomic E-state index is 0.0123. The van der Waals surface area contributed by atoms with Crippen LogP contribution in [0, 0.1) is 5.82 Å². The Labute approximate surface area is 99.7 Å². The van der Waals surface area contributed by atoms with Crippen LogP contribution in [-0.4, -0.2) is 23.5 Å². The second-order valence-electron chi connectivity index (χ2n) is 3.88. The number of rotatable bonds is 2. The molecular weight excluding hydrogens is 254 g/mol. The molecule has 0 aliphatic carbocycles. The summed E-state index contributed by atoms with van der Waals surface area (Å²) in [7, 11) is 0. The van der Waals surface area contributed by atoms with Crippen LogP contribution in [0.1, 0.15) is 17.5 Å². The fourth-order valence-electron chi connectivity index (χ4n) is 1.62. The van der Waals surface area contributed by atoms with Crippen molar-refractivity contribution in [3.63, 3.8) is 0 Å². The van der Waals surface area contributed by atoms with Gasteiger partial charge in [0.05, 0.1) is 17.9 Å². The molecule has 7 heteroatoms. The van der Waals surface area contributed by atoms with Gasteiger partial charge in [-0.05, 0) is 18.2 Å². The van der Waals surface area contributed by atoms with Crippen LogP contribution in [0.15, 0.2) is 23.4 Å². The summed E-state index contributed by atoms with van der Waals surface area (Å²) >= 11 is 0. The minimum Gasteiger partial charge on any atom is -0.392 e. The molecule has 1 aliphatic rings. The molecule has 0 radical (unpaired) electrons. The maximum Gasteiger partial charge on any atom is 0.416 e. The lowest BCUT2D eigenvalue weighted by molar-refractivity contribution is -0.137. The Balaban J connectivity index is 2.32. The number of aliphatic hydroxyl groups is 1. The van der Waals surface area contributed by atoms with Crippen molar-refractivity contribution in [1.82, 2.24) is 0 Å². The molecule has 1 aromatic carbocycles. The molecule has 1 aliphatic heterocycles. The number of aliphatic hydroxyl groups excluding tert-OH is 1. The SMILES string of the molecule is OCC1CC(c2cc(F)cc(C(F)(F)F)c2)=NO1. The Hall–Kier alpha value is -1.63. The van der Waals surface area contributed by atoms with Crippen molar-refractivity contribution >= 4 is 5.71 Å². The predicted molar refractivity (Wildman–Crippen MR) is 54.5 cm³/mol. The van der Waals surface area contributed by atoms with Gasteiger partial charge in [0.1, 0.15) is 5.82 Å². The Bertz CT molecular complexity index is 484. The third-order valence-corrected chi connectivity index (χ3v) is 2.49. The summed E-state index contributed by atoms with van der Waals surface area (Å²) in [5.74, 6) is -0.991. The van der Waals surface area contributed by atoms with E-state index in [1.165, 1.54) is 0 Å². The standard InChI is InChI=1S/C11H9F4NO2/c12-8-2-6(1-7(3-8)11(13,14)15)10-4-9(5-17)18-16-10/h1-3,9,17H,4-5H2. The van der Waals surface area contributed by atoms with E-state index >= 15 is 0 Å². The van der Waals surface area contributed by atoms with Gasteiger partial charge < -0.3 is 9.94 Å². The molecule has 0 saturated heterocycles. The van der Waals surface area contributed by atoms with Crippen molar-refractivity contribution in [2.24, 2.45) is 5.16 Å². The molecule has 98 valence electrons. The number of halogens is 4. The average molecular weight is 263 g/mol. The Morgan fingerprint density at radius 2 is 2.06 bits per heavy atom. The van der Waals surface area contributed by atoms with Gasteiger partial charge in [0.15, 0.2) is 6.10 Å². The fraction of sp³-hybridized carbons (Fsp3) is 0.364. The first-order chi connectivity index (χ1) is 8.40. The van der Waals surface area contributed by atoms with Crippen LogP contribution >= 0.6 is 0 Å². The zero-order valence-electron chi connectivity index (χ0n) is 9.04. The van der Waals surface area contributed by atoms with E-state index in [0.29, 0.717) is 6.07 Å². The van der Waals surface area contributed by atoms with Crippen molar-refractivity contribution in [2.75, 3.05) is 6.61 Å². The van der Waals surface area contributed by atoms with Gasteiger partial charge in [-0.1, -0.05) is 5.16 Å². The van der Waals surface area contributed by atoms with Gasteiger partial charge in [-0.15, -0.1) is 0 Å². The van der Waals surface area contributed by atoms with Crippen molar-refractivity contribution in [1.29, 1.82) is 0 Å². The molecule has 1 N–H and O–H groups in total. The molecule has 0 amide bonds. The average Bonchev–Trinajstić information content (AvgIpc) is 2.75. The molecule has 3 nitrogen and oxygen atoms in total. The molecule has 18 heavy (non-hydrogen) atoms. The van der Waals surface area contributed by atoms with Crippen LogP contribution in [0.2, 0.25) is 0 Å². The highest BCUT2D eigenvalue weighted by Crippen LogP contribution is 2.31. The minimum atomic E-state index is -4.62. The lowest BCUT2D eigenvalue weighted by Crippen LogP contribution is -2.13. The van der Waals surface area contributed by atoms with E-state index in [1.807, 2.05) is 0 Å². The van der Waals surface area contributed by atoms with E-state index in [4.69, 9.17) is 9.94 Å². The molecular formula is C11H9F4NO2. The molecule has 1 aromatic rings. The third kappa shape index (κ3) is 2.61. The van der Waals surface area contributed by atoms with Crippen LogP contribution in [-0.2, 0) is 11.0 Å². The van der Waals surface area contributed by atoms with Crippen molar-refractivity contribution in [3.05, 3.63) is 35.1 Å². The molecule has 0 spiro atoms. The number of oxime groups is 1. The number of hydrogen-bond donors (Lipinski definition) is 1. The Morgan fingerprint density at radius 3 is 2.61 bits per heavy atom. The van der Waals surface area contributed by atoms with Crippen molar-refractivity contribution in [3.8, 4) is 0 Å². The summed E-state index contributed by atoms with van der Waals surface area (Å²) < 4.78 is 50.6. The van der Waals surface area contributed by atoms with Crippen molar-refractivity contribution < 1.29 is 27.5 Å². The molecule has 1 unspecified atom stereocenters. The maximum atomic E-state index is 13.1. The summed E-state index contributed by atoms with van der Waals surface area (Å²) in [6.07, 6.45) is -5.05. The van der Waals surface area contributed by atoms with Gasteiger partial charge in [-0.25, -0.2) is 4.39 Å². The normalized spacial score (nSPS) is 19.6. The topological polar surface area (TPSA) is 41.8 Å². The summed E-state index contributed by atoms with van der Waals surface area (Å²) in [6, 6.07) is 2.19. The van der Waals surface area contributed by atoms with Crippen LogP contribution in [0.4, 0.5) is 17.6 Å². The van der Waals surface area contributed by atoms with Gasteiger partial charge in [0.25, 0.3) is 0 Å². The van der Waals surface area contributed by atoms with E-state index in [1.54, 1.807) is 0 Å². The molecule has 0 bridgehead atoms. The van der Waals surface area contributed by atoms with E-state index in [0.717, 1.165) is 12.1 Å². The molecule has 1 atom stereocenters. The smallest absolute Gasteiger partial charge is 0.392 e. The highest BCUT2D eigenvalue weighted by atomic mass is 19.4. The second kappa shape index (κ2) is 4.56. The Kier molecular flexibility index (Phi) is 3.25.